The monoisotopic (exact) mass is 468 g/mol. The van der Waals surface area contributed by atoms with Crippen LogP contribution >= 0.6 is 11.6 Å². The van der Waals surface area contributed by atoms with Crippen LogP contribution in [-0.2, 0) is 27.5 Å². The molecule has 0 saturated carbocycles. The fourth-order valence-corrected chi connectivity index (χ4v) is 3.76. The number of benzene rings is 1. The third-order valence-corrected chi connectivity index (χ3v) is 5.57. The predicted octanol–water partition coefficient (Wildman–Crippen LogP) is 1.15. The van der Waals surface area contributed by atoms with E-state index in [0.29, 0.717) is 24.5 Å². The first-order chi connectivity index (χ1) is 15.5. The Morgan fingerprint density at radius 1 is 1.19 bits per heavy atom. The van der Waals surface area contributed by atoms with Crippen LogP contribution < -0.4 is 11.2 Å². The van der Waals surface area contributed by atoms with E-state index in [4.69, 9.17) is 25.8 Å². The lowest BCUT2D eigenvalue weighted by atomic mass is 10.1. The van der Waals surface area contributed by atoms with Crippen molar-refractivity contribution in [3.63, 3.8) is 0 Å². The summed E-state index contributed by atoms with van der Waals surface area (Å²) in [6.07, 6.45) is -1.17. The van der Waals surface area contributed by atoms with E-state index in [0.717, 1.165) is 16.6 Å². The summed E-state index contributed by atoms with van der Waals surface area (Å²) in [5.41, 5.74) is 0.0845. The number of rotatable bonds is 11. The molecule has 4 atom stereocenters. The van der Waals surface area contributed by atoms with Gasteiger partial charge in [-0.3, -0.25) is 9.36 Å². The van der Waals surface area contributed by atoms with Crippen LogP contribution in [0, 0.1) is 6.92 Å². The molecule has 1 aromatic heterocycles. The van der Waals surface area contributed by atoms with E-state index in [1.165, 1.54) is 10.8 Å². The van der Waals surface area contributed by atoms with Gasteiger partial charge in [0.1, 0.15) is 25.0 Å². The van der Waals surface area contributed by atoms with Crippen molar-refractivity contribution in [1.82, 2.24) is 9.13 Å². The minimum Gasteiger partial charge on any atom is -0.394 e. The quantitative estimate of drug-likeness (QED) is 0.375. The average Bonchev–Trinajstić information content (AvgIpc) is 3.12. The molecule has 2 aromatic rings. The molecule has 1 saturated heterocycles. The molecule has 3 rings (SSSR count). The second-order valence-corrected chi connectivity index (χ2v) is 8.05. The summed E-state index contributed by atoms with van der Waals surface area (Å²) in [6, 6.07) is 9.39. The van der Waals surface area contributed by atoms with Crippen molar-refractivity contribution in [2.75, 3.05) is 19.1 Å². The van der Waals surface area contributed by atoms with Crippen LogP contribution in [0.15, 0.2) is 46.1 Å². The number of aromatic nitrogens is 2. The summed E-state index contributed by atoms with van der Waals surface area (Å²) >= 11 is 5.69. The zero-order chi connectivity index (χ0) is 23.1. The van der Waals surface area contributed by atoms with Gasteiger partial charge in [-0.15, -0.1) is 11.6 Å². The Labute approximate surface area is 190 Å². The van der Waals surface area contributed by atoms with Crippen molar-refractivity contribution in [3.05, 3.63) is 68.5 Å². The van der Waals surface area contributed by atoms with Gasteiger partial charge in [-0.1, -0.05) is 30.3 Å². The smallest absolute Gasteiger partial charge is 0.335 e. The van der Waals surface area contributed by atoms with Crippen molar-refractivity contribution in [2.24, 2.45) is 0 Å². The molecule has 0 radical (unpaired) electrons. The van der Waals surface area contributed by atoms with E-state index < -0.39 is 42.4 Å². The number of aliphatic hydroxyl groups excluding tert-OH is 2. The highest BCUT2D eigenvalue weighted by Crippen LogP contribution is 2.31. The first-order valence-corrected chi connectivity index (χ1v) is 11.1. The van der Waals surface area contributed by atoms with E-state index in [1.54, 1.807) is 6.92 Å². The van der Waals surface area contributed by atoms with Gasteiger partial charge in [0.2, 0.25) is 0 Å². The molecule has 0 spiro atoms. The number of aryl methyl sites for hydroxylation is 1. The van der Waals surface area contributed by atoms with Crippen molar-refractivity contribution >= 4 is 11.6 Å². The highest BCUT2D eigenvalue weighted by Gasteiger charge is 2.45. The Kier molecular flexibility index (Phi) is 9.03. The lowest BCUT2D eigenvalue weighted by molar-refractivity contribution is -0.0762. The van der Waals surface area contributed by atoms with Gasteiger partial charge in [0.25, 0.3) is 5.56 Å². The van der Waals surface area contributed by atoms with Gasteiger partial charge in [-0.05, 0) is 25.3 Å². The van der Waals surface area contributed by atoms with Gasteiger partial charge >= 0.3 is 5.69 Å². The molecule has 2 unspecified atom stereocenters. The van der Waals surface area contributed by atoms with Crippen LogP contribution in [0.3, 0.4) is 0 Å². The molecule has 1 aliphatic heterocycles. The minimum absolute atomic E-state index is 0.234. The van der Waals surface area contributed by atoms with E-state index in [2.05, 4.69) is 0 Å². The maximum atomic E-state index is 13.1. The Balaban J connectivity index is 1.83. The number of alkyl halides is 1. The molecule has 176 valence electrons. The van der Waals surface area contributed by atoms with Gasteiger partial charge in [0.05, 0.1) is 13.2 Å². The number of nitrogens with zero attached hydrogens (tertiary/aromatic N) is 2. The van der Waals surface area contributed by atoms with Gasteiger partial charge < -0.3 is 24.4 Å². The highest BCUT2D eigenvalue weighted by molar-refractivity contribution is 6.17. The van der Waals surface area contributed by atoms with Crippen LogP contribution in [0.4, 0.5) is 0 Å². The van der Waals surface area contributed by atoms with Gasteiger partial charge in [0.15, 0.2) is 6.23 Å². The Hall–Kier alpha value is -2.01. The number of ether oxygens (including phenoxy) is 3. The van der Waals surface area contributed by atoms with Gasteiger partial charge in [-0.2, -0.15) is 0 Å². The van der Waals surface area contributed by atoms with Crippen LogP contribution in [0.1, 0.15) is 30.2 Å². The molecule has 2 N–H and O–H groups in total. The summed E-state index contributed by atoms with van der Waals surface area (Å²) in [7, 11) is 0. The molecule has 1 aliphatic rings. The summed E-state index contributed by atoms with van der Waals surface area (Å²) in [5.74, 6) is 0.488. The number of hydrogen-bond acceptors (Lipinski definition) is 7. The Bertz CT molecular complexity index is 978. The number of hydrogen-bond donors (Lipinski definition) is 2. The maximum Gasteiger partial charge on any atom is 0.335 e. The standard InChI is InChI=1S/C22H29ClN2O7/c1-15-11-24(21-19(31-10-6-5-9-23)18(27)17(12-26)32-21)22(29)25(20(15)28)14-30-13-16-7-3-2-4-8-16/h2-4,7-8,11,17-19,21,26-27H,5-6,9-10,12-14H2,1H3/t17-,18?,19?,21-/m0/s1. The fourth-order valence-electron chi connectivity index (χ4n) is 3.57. The number of halogens is 1. The topological polar surface area (TPSA) is 112 Å². The maximum absolute atomic E-state index is 13.1. The predicted molar refractivity (Wildman–Crippen MR) is 118 cm³/mol. The molecule has 2 heterocycles. The summed E-state index contributed by atoms with van der Waals surface area (Å²) in [5, 5.41) is 20.1. The number of aliphatic hydroxyl groups is 2. The molecule has 1 aromatic carbocycles. The minimum atomic E-state index is -1.14. The normalized spacial score (nSPS) is 23.0. The van der Waals surface area contributed by atoms with Crippen molar-refractivity contribution in [3.8, 4) is 0 Å². The van der Waals surface area contributed by atoms with Crippen molar-refractivity contribution < 1.29 is 24.4 Å². The molecule has 1 fully saturated rings. The highest BCUT2D eigenvalue weighted by atomic mass is 35.5. The summed E-state index contributed by atoms with van der Waals surface area (Å²) < 4.78 is 19.3. The SMILES string of the molecule is Cc1cn([C@H]2O[C@@H](CO)C(O)C2OCCCCCl)c(=O)n(COCc2ccccc2)c1=O. The molecule has 0 bridgehead atoms. The zero-order valence-corrected chi connectivity index (χ0v) is 18.7. The first kappa shape index (κ1) is 24.6. The van der Waals surface area contributed by atoms with Crippen LogP contribution in [0.5, 0.6) is 0 Å². The van der Waals surface area contributed by atoms with Crippen LogP contribution in [-0.4, -0.2) is 56.8 Å². The fraction of sp³-hybridized carbons (Fsp3) is 0.545. The van der Waals surface area contributed by atoms with E-state index >= 15 is 0 Å². The van der Waals surface area contributed by atoms with Crippen LogP contribution in [0.25, 0.3) is 0 Å². The molecule has 10 heteroatoms. The van der Waals surface area contributed by atoms with Gasteiger partial charge in [-0.25, -0.2) is 9.36 Å². The van der Waals surface area contributed by atoms with Crippen molar-refractivity contribution in [1.29, 1.82) is 0 Å². The second-order valence-electron chi connectivity index (χ2n) is 7.67. The summed E-state index contributed by atoms with van der Waals surface area (Å²) in [6.45, 7) is 1.44. The Morgan fingerprint density at radius 2 is 1.94 bits per heavy atom. The average molecular weight is 469 g/mol. The molecule has 0 amide bonds. The molecule has 32 heavy (non-hydrogen) atoms. The lowest BCUT2D eigenvalue weighted by Crippen LogP contribution is -2.45. The van der Waals surface area contributed by atoms with E-state index in [9.17, 15) is 19.8 Å². The second kappa shape index (κ2) is 11.7. The molecule has 0 aliphatic carbocycles. The van der Waals surface area contributed by atoms with E-state index in [1.807, 2.05) is 30.3 Å². The summed E-state index contributed by atoms with van der Waals surface area (Å²) in [4.78, 5) is 25.7. The first-order valence-electron chi connectivity index (χ1n) is 10.5. The Morgan fingerprint density at radius 3 is 2.62 bits per heavy atom. The van der Waals surface area contributed by atoms with Crippen LogP contribution in [0.2, 0.25) is 0 Å². The molecular weight excluding hydrogens is 440 g/mol. The lowest BCUT2D eigenvalue weighted by Gasteiger charge is -2.23. The largest absolute Gasteiger partial charge is 0.394 e. The van der Waals surface area contributed by atoms with Crippen molar-refractivity contribution in [2.45, 2.75) is 57.6 Å². The third-order valence-electron chi connectivity index (χ3n) is 5.30. The molecule has 9 nitrogen and oxygen atoms in total. The molecular formula is C22H29ClN2O7. The van der Waals surface area contributed by atoms with Gasteiger partial charge in [0, 0.05) is 24.2 Å². The third kappa shape index (κ3) is 5.67. The number of unbranched alkanes of at least 4 members (excludes halogenated alkanes) is 1. The van der Waals surface area contributed by atoms with E-state index in [-0.39, 0.29) is 13.3 Å². The zero-order valence-electron chi connectivity index (χ0n) is 17.9.